The minimum Gasteiger partial charge on any atom is -0.497 e. The summed E-state index contributed by atoms with van der Waals surface area (Å²) in [6, 6.07) is 12.9. The predicted molar refractivity (Wildman–Crippen MR) is 98.9 cm³/mol. The topological polar surface area (TPSA) is 79.6 Å². The van der Waals surface area contributed by atoms with Gasteiger partial charge in [0, 0.05) is 11.1 Å². The summed E-state index contributed by atoms with van der Waals surface area (Å²) in [6.45, 7) is 0.306. The fraction of sp³-hybridized carbons (Fsp3) is 0.200. The molecule has 3 aromatic rings. The van der Waals surface area contributed by atoms with Crippen molar-refractivity contribution in [2.75, 3.05) is 19.6 Å². The maximum absolute atomic E-state index is 12.7. The van der Waals surface area contributed by atoms with E-state index in [0.29, 0.717) is 23.0 Å². The summed E-state index contributed by atoms with van der Waals surface area (Å²) in [4.78, 5) is 12.7. The highest BCUT2D eigenvalue weighted by Gasteiger charge is 2.22. The summed E-state index contributed by atoms with van der Waals surface area (Å²) >= 11 is 0. The molecule has 0 amide bonds. The number of hydrogen-bond acceptors (Lipinski definition) is 5. The first-order valence-electron chi connectivity index (χ1n) is 8.48. The standard InChI is InChI=1S/C20H19N3O4/c1-22-16(13-4-3-5-15(8-13)25-2)10-23(20(22)21)11-17(24)14-6-7-18-19(9-14)27-12-26-18/h3-10,21H,11-12H2,1-2H3/p+1. The first-order valence-corrected chi connectivity index (χ1v) is 8.48. The van der Waals surface area contributed by atoms with Gasteiger partial charge in [0.15, 0.2) is 17.3 Å². The number of carbonyl (C=O) groups is 1. The Morgan fingerprint density at radius 1 is 1.22 bits per heavy atom. The summed E-state index contributed by atoms with van der Waals surface area (Å²) in [5, 5.41) is 0. The number of rotatable bonds is 5. The minimum atomic E-state index is -0.0622. The lowest BCUT2D eigenvalue weighted by atomic mass is 10.1. The van der Waals surface area contributed by atoms with Gasteiger partial charge in [-0.05, 0) is 30.3 Å². The Bertz CT molecular complexity index is 1030. The number of nitrogen functional groups attached to an aromatic ring is 1. The van der Waals surface area contributed by atoms with Crippen LogP contribution < -0.4 is 24.5 Å². The van der Waals surface area contributed by atoms with Crippen LogP contribution in [0.1, 0.15) is 10.4 Å². The van der Waals surface area contributed by atoms with Gasteiger partial charge in [-0.1, -0.05) is 12.1 Å². The number of Topliss-reactive ketones (excluding diaryl/α,β-unsaturated/α-hetero) is 1. The van der Waals surface area contributed by atoms with Crippen molar-refractivity contribution in [2.45, 2.75) is 6.54 Å². The molecule has 7 nitrogen and oxygen atoms in total. The van der Waals surface area contributed by atoms with Gasteiger partial charge in [0.25, 0.3) is 0 Å². The van der Waals surface area contributed by atoms with Gasteiger partial charge >= 0.3 is 5.95 Å². The zero-order chi connectivity index (χ0) is 19.0. The Kier molecular flexibility index (Phi) is 4.19. The Hall–Kier alpha value is -3.48. The number of aromatic nitrogens is 2. The summed E-state index contributed by atoms with van der Waals surface area (Å²) in [5.74, 6) is 2.42. The second-order valence-corrected chi connectivity index (χ2v) is 6.28. The number of nitrogens with two attached hydrogens (primary N) is 1. The van der Waals surface area contributed by atoms with Crippen molar-refractivity contribution >= 4 is 11.7 Å². The van der Waals surface area contributed by atoms with Gasteiger partial charge in [0.2, 0.25) is 6.79 Å². The van der Waals surface area contributed by atoms with E-state index in [1.54, 1.807) is 29.9 Å². The highest BCUT2D eigenvalue weighted by molar-refractivity contribution is 5.95. The normalized spacial score (nSPS) is 12.2. The molecule has 1 aromatic heterocycles. The Morgan fingerprint density at radius 2 is 2.04 bits per heavy atom. The molecule has 7 heteroatoms. The molecule has 0 radical (unpaired) electrons. The number of methoxy groups -OCH3 is 1. The summed E-state index contributed by atoms with van der Waals surface area (Å²) < 4.78 is 19.5. The zero-order valence-corrected chi connectivity index (χ0v) is 15.1. The van der Waals surface area contributed by atoms with E-state index in [4.69, 9.17) is 19.9 Å². The molecular formula is C20H20N3O4+. The minimum absolute atomic E-state index is 0.0622. The molecule has 0 unspecified atom stereocenters. The third-order valence-corrected chi connectivity index (χ3v) is 4.65. The second kappa shape index (κ2) is 6.68. The highest BCUT2D eigenvalue weighted by atomic mass is 16.7. The number of carbonyl (C=O) groups excluding carboxylic acids is 1. The maximum Gasteiger partial charge on any atom is 0.355 e. The van der Waals surface area contributed by atoms with Crippen LogP contribution in [0.25, 0.3) is 11.3 Å². The number of imidazole rings is 1. The molecule has 2 N–H and O–H groups in total. The van der Waals surface area contributed by atoms with Gasteiger partial charge in [-0.15, -0.1) is 0 Å². The smallest absolute Gasteiger partial charge is 0.355 e. The van der Waals surface area contributed by atoms with Crippen molar-refractivity contribution in [1.29, 1.82) is 0 Å². The molecule has 2 aromatic carbocycles. The van der Waals surface area contributed by atoms with Crippen molar-refractivity contribution in [3.05, 3.63) is 54.2 Å². The number of ketones is 1. The van der Waals surface area contributed by atoms with Crippen LogP contribution in [0.3, 0.4) is 0 Å². The third kappa shape index (κ3) is 3.08. The van der Waals surface area contributed by atoms with E-state index >= 15 is 0 Å². The van der Waals surface area contributed by atoms with E-state index in [2.05, 4.69) is 0 Å². The monoisotopic (exact) mass is 366 g/mol. The van der Waals surface area contributed by atoms with Crippen LogP contribution in [0.4, 0.5) is 5.95 Å². The van der Waals surface area contributed by atoms with E-state index in [1.807, 2.05) is 42.1 Å². The molecule has 4 rings (SSSR count). The maximum atomic E-state index is 12.7. The van der Waals surface area contributed by atoms with Gasteiger partial charge in [0.05, 0.1) is 14.2 Å². The SMILES string of the molecule is COc1cccc(-c2c[n+](CC(=O)c3ccc4c(c3)OCO4)c(N)n2C)c1. The molecule has 27 heavy (non-hydrogen) atoms. The lowest BCUT2D eigenvalue weighted by molar-refractivity contribution is -0.667. The van der Waals surface area contributed by atoms with E-state index in [9.17, 15) is 4.79 Å². The lowest BCUT2D eigenvalue weighted by Crippen LogP contribution is -2.39. The second-order valence-electron chi connectivity index (χ2n) is 6.28. The summed E-state index contributed by atoms with van der Waals surface area (Å²) in [6.07, 6.45) is 1.87. The molecule has 0 aliphatic carbocycles. The van der Waals surface area contributed by atoms with Gasteiger partial charge in [0.1, 0.15) is 24.2 Å². The van der Waals surface area contributed by atoms with Crippen LogP contribution in [-0.4, -0.2) is 24.3 Å². The van der Waals surface area contributed by atoms with Crippen molar-refractivity contribution < 1.29 is 23.6 Å². The molecule has 2 heterocycles. The Balaban J connectivity index is 1.62. The van der Waals surface area contributed by atoms with Crippen LogP contribution in [0.15, 0.2) is 48.7 Å². The average molecular weight is 366 g/mol. The first-order chi connectivity index (χ1) is 13.1. The van der Waals surface area contributed by atoms with Crippen LogP contribution in [0, 0.1) is 0 Å². The number of ether oxygens (including phenoxy) is 3. The number of benzene rings is 2. The largest absolute Gasteiger partial charge is 0.497 e. The molecule has 1 aliphatic rings. The summed E-state index contributed by atoms with van der Waals surface area (Å²) in [5.41, 5.74) is 8.63. The van der Waals surface area contributed by atoms with E-state index < -0.39 is 0 Å². The molecular weight excluding hydrogens is 346 g/mol. The van der Waals surface area contributed by atoms with Gasteiger partial charge in [-0.2, -0.15) is 0 Å². The number of nitrogens with zero attached hydrogens (tertiary/aromatic N) is 2. The van der Waals surface area contributed by atoms with Crippen LogP contribution in [0.5, 0.6) is 17.2 Å². The van der Waals surface area contributed by atoms with Gasteiger partial charge < -0.3 is 14.2 Å². The summed E-state index contributed by atoms with van der Waals surface area (Å²) in [7, 11) is 3.49. The van der Waals surface area contributed by atoms with E-state index in [0.717, 1.165) is 17.0 Å². The zero-order valence-electron chi connectivity index (χ0n) is 15.1. The molecule has 0 saturated heterocycles. The van der Waals surface area contributed by atoms with Crippen LogP contribution in [-0.2, 0) is 13.6 Å². The molecule has 0 spiro atoms. The molecule has 0 fully saturated rings. The Labute approximate surface area is 156 Å². The van der Waals surface area contributed by atoms with Crippen molar-refractivity contribution in [1.82, 2.24) is 4.57 Å². The molecule has 138 valence electrons. The molecule has 0 bridgehead atoms. The van der Waals surface area contributed by atoms with Crippen molar-refractivity contribution in [3.8, 4) is 28.5 Å². The van der Waals surface area contributed by atoms with E-state index in [-0.39, 0.29) is 19.1 Å². The predicted octanol–water partition coefficient (Wildman–Crippen LogP) is 2.18. The first kappa shape index (κ1) is 17.0. The van der Waals surface area contributed by atoms with E-state index in [1.165, 1.54) is 0 Å². The molecule has 0 saturated carbocycles. The molecule has 1 aliphatic heterocycles. The fourth-order valence-electron chi connectivity index (χ4n) is 3.11. The fourth-order valence-corrected chi connectivity index (χ4v) is 3.11. The van der Waals surface area contributed by atoms with Crippen molar-refractivity contribution in [2.24, 2.45) is 7.05 Å². The highest BCUT2D eigenvalue weighted by Crippen LogP contribution is 2.32. The van der Waals surface area contributed by atoms with Crippen LogP contribution in [0.2, 0.25) is 0 Å². The quantitative estimate of drug-likeness (QED) is 0.553. The van der Waals surface area contributed by atoms with Crippen LogP contribution >= 0.6 is 0 Å². The Morgan fingerprint density at radius 3 is 2.85 bits per heavy atom. The molecule has 0 atom stereocenters. The van der Waals surface area contributed by atoms with Crippen molar-refractivity contribution in [3.63, 3.8) is 0 Å². The number of anilines is 1. The van der Waals surface area contributed by atoms with Gasteiger partial charge in [-0.25, -0.2) is 9.13 Å². The van der Waals surface area contributed by atoms with Gasteiger partial charge in [-0.3, -0.25) is 10.5 Å². The number of fused-ring (bicyclic) bond motifs is 1. The number of hydrogen-bond donors (Lipinski definition) is 1. The average Bonchev–Trinajstić information content (AvgIpc) is 3.27. The third-order valence-electron chi connectivity index (χ3n) is 4.65. The lowest BCUT2D eigenvalue weighted by Gasteiger charge is -2.02.